The van der Waals surface area contributed by atoms with Gasteiger partial charge in [-0.25, -0.2) is 0 Å². The lowest BCUT2D eigenvalue weighted by Crippen LogP contribution is -2.14. The van der Waals surface area contributed by atoms with Crippen LogP contribution in [0.4, 0.5) is 5.82 Å². The van der Waals surface area contributed by atoms with Gasteiger partial charge >= 0.3 is 0 Å². The van der Waals surface area contributed by atoms with Crippen LogP contribution in [0.2, 0.25) is 0 Å². The number of hydrogen-bond acceptors (Lipinski definition) is 7. The van der Waals surface area contributed by atoms with Crippen LogP contribution in [0, 0.1) is 6.92 Å². The first-order valence-electron chi connectivity index (χ1n) is 6.79. The molecule has 3 aromatic heterocycles. The van der Waals surface area contributed by atoms with Crippen molar-refractivity contribution in [1.82, 2.24) is 19.8 Å². The summed E-state index contributed by atoms with van der Waals surface area (Å²) in [5, 5.41) is 15.5. The largest absolute Gasteiger partial charge is 0.360 e. The Hall–Kier alpha value is -2.39. The third-order valence-corrected chi connectivity index (χ3v) is 5.08. The molecule has 9 heteroatoms. The number of hydrogen-bond donors (Lipinski definition) is 1. The number of carbonyl (C=O) groups is 1. The molecule has 1 amide bonds. The van der Waals surface area contributed by atoms with Crippen LogP contribution in [0.1, 0.15) is 5.76 Å². The Kier molecular flexibility index (Phi) is 3.50. The minimum atomic E-state index is -0.167. The van der Waals surface area contributed by atoms with Crippen LogP contribution >= 0.6 is 23.1 Å². The highest BCUT2D eigenvalue weighted by Gasteiger charge is 2.14. The maximum atomic E-state index is 12.0. The summed E-state index contributed by atoms with van der Waals surface area (Å²) in [5.74, 6) is 1.12. The monoisotopic (exact) mass is 345 g/mol. The van der Waals surface area contributed by atoms with Crippen LogP contribution < -0.4 is 5.32 Å². The number of carbonyl (C=O) groups excluding carboxylic acids is 1. The second-order valence-corrected chi connectivity index (χ2v) is 6.78. The SMILES string of the molecule is Cc1cc(NC(=O)CSc2nnc3sc4ccccc4n23)no1. The molecule has 23 heavy (non-hydrogen) atoms. The molecule has 0 aliphatic heterocycles. The molecule has 0 bridgehead atoms. The maximum absolute atomic E-state index is 12.0. The highest BCUT2D eigenvalue weighted by molar-refractivity contribution is 7.99. The van der Waals surface area contributed by atoms with Gasteiger partial charge in [0.1, 0.15) is 5.76 Å². The molecule has 0 fully saturated rings. The number of para-hydroxylation sites is 1. The van der Waals surface area contributed by atoms with Crippen LogP contribution in [-0.4, -0.2) is 31.4 Å². The predicted octanol–water partition coefficient (Wildman–Crippen LogP) is 2.97. The van der Waals surface area contributed by atoms with Gasteiger partial charge in [-0.3, -0.25) is 9.20 Å². The van der Waals surface area contributed by atoms with Crippen LogP contribution in [0.15, 0.2) is 40.0 Å². The average Bonchev–Trinajstić information content (AvgIpc) is 3.20. The molecule has 4 rings (SSSR count). The molecule has 116 valence electrons. The fraction of sp³-hybridized carbons (Fsp3) is 0.143. The molecule has 1 N–H and O–H groups in total. The van der Waals surface area contributed by atoms with Gasteiger partial charge in [-0.05, 0) is 19.1 Å². The lowest BCUT2D eigenvalue weighted by molar-refractivity contribution is -0.113. The molecule has 0 atom stereocenters. The zero-order valence-electron chi connectivity index (χ0n) is 12.0. The van der Waals surface area contributed by atoms with E-state index >= 15 is 0 Å². The van der Waals surface area contributed by atoms with Crippen molar-refractivity contribution < 1.29 is 9.32 Å². The first-order valence-corrected chi connectivity index (χ1v) is 8.59. The minimum Gasteiger partial charge on any atom is -0.360 e. The Morgan fingerprint density at radius 1 is 1.39 bits per heavy atom. The summed E-state index contributed by atoms with van der Waals surface area (Å²) >= 11 is 2.91. The van der Waals surface area contributed by atoms with Gasteiger partial charge in [-0.2, -0.15) is 0 Å². The molecule has 0 unspecified atom stereocenters. The molecule has 3 heterocycles. The van der Waals surface area contributed by atoms with Crippen molar-refractivity contribution in [3.63, 3.8) is 0 Å². The molecule has 4 aromatic rings. The fourth-order valence-electron chi connectivity index (χ4n) is 2.18. The van der Waals surface area contributed by atoms with Crippen molar-refractivity contribution in [2.24, 2.45) is 0 Å². The summed E-state index contributed by atoms with van der Waals surface area (Å²) in [7, 11) is 0. The summed E-state index contributed by atoms with van der Waals surface area (Å²) in [6.07, 6.45) is 0. The first-order chi connectivity index (χ1) is 11.2. The Morgan fingerprint density at radius 3 is 3.09 bits per heavy atom. The Labute approximate surface area is 138 Å². The number of thioether (sulfide) groups is 1. The molecule has 1 aromatic carbocycles. The van der Waals surface area contributed by atoms with E-state index < -0.39 is 0 Å². The third-order valence-electron chi connectivity index (χ3n) is 3.14. The molecule has 0 saturated carbocycles. The number of anilines is 1. The van der Waals surface area contributed by atoms with Crippen LogP contribution in [-0.2, 0) is 4.79 Å². The third kappa shape index (κ3) is 2.68. The van der Waals surface area contributed by atoms with Crippen LogP contribution in [0.25, 0.3) is 15.2 Å². The van der Waals surface area contributed by atoms with E-state index in [1.165, 1.54) is 11.8 Å². The molecule has 0 spiro atoms. The summed E-state index contributed by atoms with van der Waals surface area (Å²) < 4.78 is 8.03. The second kappa shape index (κ2) is 5.67. The highest BCUT2D eigenvalue weighted by atomic mass is 32.2. The molecule has 0 aliphatic carbocycles. The topological polar surface area (TPSA) is 85.3 Å². The number of benzene rings is 1. The number of rotatable bonds is 4. The van der Waals surface area contributed by atoms with E-state index in [1.54, 1.807) is 24.3 Å². The van der Waals surface area contributed by atoms with Gasteiger partial charge in [-0.1, -0.05) is 40.4 Å². The summed E-state index contributed by atoms with van der Waals surface area (Å²) in [5.41, 5.74) is 1.05. The minimum absolute atomic E-state index is 0.167. The van der Waals surface area contributed by atoms with E-state index in [4.69, 9.17) is 4.52 Å². The van der Waals surface area contributed by atoms with Gasteiger partial charge < -0.3 is 9.84 Å². The lowest BCUT2D eigenvalue weighted by Gasteiger charge is -2.00. The number of aryl methyl sites for hydroxylation is 1. The van der Waals surface area contributed by atoms with E-state index in [-0.39, 0.29) is 11.7 Å². The van der Waals surface area contributed by atoms with E-state index in [9.17, 15) is 4.79 Å². The molecule has 0 radical (unpaired) electrons. The fourth-order valence-corrected chi connectivity index (χ4v) is 3.95. The normalized spacial score (nSPS) is 11.3. The standard InChI is InChI=1S/C14H11N5O2S2/c1-8-6-11(18-21-8)15-12(20)7-22-13-16-17-14-19(13)9-4-2-3-5-10(9)23-14/h2-6H,7H2,1H3,(H,15,18,20). The number of amides is 1. The number of fused-ring (bicyclic) bond motifs is 3. The van der Waals surface area contributed by atoms with Crippen molar-refractivity contribution in [2.45, 2.75) is 12.1 Å². The lowest BCUT2D eigenvalue weighted by atomic mass is 10.3. The van der Waals surface area contributed by atoms with Gasteiger partial charge in [0.05, 0.1) is 16.0 Å². The Bertz CT molecular complexity index is 1000. The molecule has 0 aliphatic rings. The average molecular weight is 345 g/mol. The molecule has 7 nitrogen and oxygen atoms in total. The summed E-state index contributed by atoms with van der Waals surface area (Å²) in [6.45, 7) is 1.77. The summed E-state index contributed by atoms with van der Waals surface area (Å²) in [4.78, 5) is 12.8. The number of aromatic nitrogens is 4. The molecular weight excluding hydrogens is 334 g/mol. The van der Waals surface area contributed by atoms with E-state index in [2.05, 4.69) is 20.7 Å². The molecule has 0 saturated heterocycles. The van der Waals surface area contributed by atoms with E-state index in [1.807, 2.05) is 28.7 Å². The Balaban J connectivity index is 1.52. The highest BCUT2D eigenvalue weighted by Crippen LogP contribution is 2.29. The van der Waals surface area contributed by atoms with Gasteiger partial charge in [0.25, 0.3) is 0 Å². The van der Waals surface area contributed by atoms with Crippen molar-refractivity contribution in [2.75, 3.05) is 11.1 Å². The quantitative estimate of drug-likeness (QED) is 0.572. The van der Waals surface area contributed by atoms with Crippen LogP contribution in [0.3, 0.4) is 0 Å². The van der Waals surface area contributed by atoms with Gasteiger partial charge in [0.15, 0.2) is 11.0 Å². The van der Waals surface area contributed by atoms with E-state index in [0.29, 0.717) is 16.7 Å². The van der Waals surface area contributed by atoms with Gasteiger partial charge in [-0.15, -0.1) is 10.2 Å². The van der Waals surface area contributed by atoms with Gasteiger partial charge in [0.2, 0.25) is 10.9 Å². The van der Waals surface area contributed by atoms with Crippen molar-refractivity contribution in [3.8, 4) is 0 Å². The van der Waals surface area contributed by atoms with E-state index in [0.717, 1.165) is 15.2 Å². The van der Waals surface area contributed by atoms with Crippen LogP contribution in [0.5, 0.6) is 0 Å². The van der Waals surface area contributed by atoms with Crippen molar-refractivity contribution in [1.29, 1.82) is 0 Å². The van der Waals surface area contributed by atoms with Crippen molar-refractivity contribution in [3.05, 3.63) is 36.1 Å². The number of nitrogens with one attached hydrogen (secondary N) is 1. The number of thiazole rings is 1. The predicted molar refractivity (Wildman–Crippen MR) is 89.0 cm³/mol. The maximum Gasteiger partial charge on any atom is 0.236 e. The Morgan fingerprint density at radius 2 is 2.26 bits per heavy atom. The number of nitrogens with zero attached hydrogens (tertiary/aromatic N) is 4. The molecular formula is C14H11N5O2S2. The smallest absolute Gasteiger partial charge is 0.236 e. The second-order valence-electron chi connectivity index (χ2n) is 4.83. The zero-order valence-corrected chi connectivity index (χ0v) is 13.6. The van der Waals surface area contributed by atoms with Gasteiger partial charge in [0, 0.05) is 6.07 Å². The first kappa shape index (κ1) is 14.2. The van der Waals surface area contributed by atoms with Crippen molar-refractivity contribution >= 4 is 50.0 Å². The summed E-state index contributed by atoms with van der Waals surface area (Å²) in [6, 6.07) is 9.70. The zero-order chi connectivity index (χ0) is 15.8.